The van der Waals surface area contributed by atoms with Gasteiger partial charge < -0.3 is 19.7 Å². The Morgan fingerprint density at radius 3 is 2.65 bits per heavy atom. The van der Waals surface area contributed by atoms with Gasteiger partial charge in [-0.3, -0.25) is 9.59 Å². The van der Waals surface area contributed by atoms with Crippen LogP contribution in [0.15, 0.2) is 53.4 Å². The Balaban J connectivity index is 1.55. The van der Waals surface area contributed by atoms with Crippen LogP contribution in [0.4, 0.5) is 0 Å². The summed E-state index contributed by atoms with van der Waals surface area (Å²) >= 11 is 0. The van der Waals surface area contributed by atoms with Gasteiger partial charge in [0, 0.05) is 43.9 Å². The number of carbonyl (C=O) groups excluding carboxylic acids is 2. The second kappa shape index (κ2) is 10.5. The van der Waals surface area contributed by atoms with E-state index in [1.807, 2.05) is 24.3 Å². The van der Waals surface area contributed by atoms with E-state index in [4.69, 9.17) is 9.47 Å². The topological polar surface area (TPSA) is 105 Å². The maximum Gasteiger partial charge on any atom is 0.254 e. The zero-order valence-electron chi connectivity index (χ0n) is 19.1. The molecule has 0 radical (unpaired) electrons. The SMILES string of the molecule is COc1ccccc1CN(CC1CCCO1)C(=O)c1ccc(S(=O)(=O)N2CCNC(=O)C2)cc1. The van der Waals surface area contributed by atoms with Gasteiger partial charge in [-0.05, 0) is 43.2 Å². The average molecular weight is 488 g/mol. The number of benzene rings is 2. The number of piperazine rings is 1. The number of carbonyl (C=O) groups is 2. The quantitative estimate of drug-likeness (QED) is 0.607. The molecule has 2 fully saturated rings. The van der Waals surface area contributed by atoms with E-state index < -0.39 is 10.0 Å². The van der Waals surface area contributed by atoms with Crippen LogP contribution >= 0.6 is 0 Å². The van der Waals surface area contributed by atoms with E-state index in [9.17, 15) is 18.0 Å². The lowest BCUT2D eigenvalue weighted by atomic mass is 10.1. The molecule has 0 spiro atoms. The number of rotatable bonds is 8. The fourth-order valence-electron chi connectivity index (χ4n) is 4.21. The molecule has 9 nitrogen and oxygen atoms in total. The van der Waals surface area contributed by atoms with E-state index >= 15 is 0 Å². The minimum atomic E-state index is -3.82. The molecule has 1 atom stereocenters. The highest BCUT2D eigenvalue weighted by molar-refractivity contribution is 7.89. The fourth-order valence-corrected chi connectivity index (χ4v) is 5.61. The minimum Gasteiger partial charge on any atom is -0.496 e. The Morgan fingerprint density at radius 2 is 1.97 bits per heavy atom. The molecule has 2 heterocycles. The first kappa shape index (κ1) is 24.2. The molecular formula is C24H29N3O6S. The summed E-state index contributed by atoms with van der Waals surface area (Å²) in [4.78, 5) is 26.8. The molecule has 1 N–H and O–H groups in total. The van der Waals surface area contributed by atoms with Crippen molar-refractivity contribution in [1.29, 1.82) is 0 Å². The standard InChI is InChI=1S/C24H29N3O6S/c1-32-22-7-3-2-5-19(22)15-26(16-20-6-4-14-33-20)24(29)18-8-10-21(11-9-18)34(30,31)27-13-12-25-23(28)17-27/h2-3,5,7-11,20H,4,6,12-17H2,1H3,(H,25,28). The third-order valence-corrected chi connectivity index (χ3v) is 7.89. The van der Waals surface area contributed by atoms with Gasteiger partial charge in [0.2, 0.25) is 15.9 Å². The molecule has 2 aliphatic heterocycles. The van der Waals surface area contributed by atoms with Gasteiger partial charge in [0.15, 0.2) is 0 Å². The number of sulfonamides is 1. The van der Waals surface area contributed by atoms with Crippen molar-refractivity contribution < 1.29 is 27.5 Å². The number of para-hydroxylation sites is 1. The molecule has 0 aliphatic carbocycles. The van der Waals surface area contributed by atoms with Crippen LogP contribution in [0.2, 0.25) is 0 Å². The van der Waals surface area contributed by atoms with Crippen LogP contribution in [-0.2, 0) is 26.1 Å². The smallest absolute Gasteiger partial charge is 0.254 e. The molecule has 0 bridgehead atoms. The lowest BCUT2D eigenvalue weighted by Crippen LogP contribution is -2.49. The molecule has 10 heteroatoms. The molecule has 2 saturated heterocycles. The van der Waals surface area contributed by atoms with Gasteiger partial charge >= 0.3 is 0 Å². The minimum absolute atomic E-state index is 0.0384. The van der Waals surface area contributed by atoms with E-state index in [-0.39, 0.29) is 42.4 Å². The van der Waals surface area contributed by atoms with E-state index in [0.717, 1.165) is 22.7 Å². The summed E-state index contributed by atoms with van der Waals surface area (Å²) in [7, 11) is -2.23. The first-order valence-corrected chi connectivity index (χ1v) is 12.7. The number of methoxy groups -OCH3 is 1. The summed E-state index contributed by atoms with van der Waals surface area (Å²) in [6.07, 6.45) is 1.81. The summed E-state index contributed by atoms with van der Waals surface area (Å²) in [5, 5.41) is 2.62. The van der Waals surface area contributed by atoms with Crippen molar-refractivity contribution in [1.82, 2.24) is 14.5 Å². The number of ether oxygens (including phenoxy) is 2. The molecule has 2 aromatic rings. The Hall–Kier alpha value is -2.95. The summed E-state index contributed by atoms with van der Waals surface area (Å²) in [6.45, 7) is 1.73. The lowest BCUT2D eigenvalue weighted by Gasteiger charge is -2.27. The maximum atomic E-state index is 13.5. The molecule has 182 valence electrons. The van der Waals surface area contributed by atoms with Crippen LogP contribution < -0.4 is 10.1 Å². The summed E-state index contributed by atoms with van der Waals surface area (Å²) in [5.41, 5.74) is 1.25. The van der Waals surface area contributed by atoms with Gasteiger partial charge in [0.05, 0.1) is 24.7 Å². The first-order valence-electron chi connectivity index (χ1n) is 11.3. The summed E-state index contributed by atoms with van der Waals surface area (Å²) in [6, 6.07) is 13.4. The number of nitrogens with zero attached hydrogens (tertiary/aromatic N) is 2. The molecule has 2 aliphatic rings. The third kappa shape index (κ3) is 5.40. The van der Waals surface area contributed by atoms with Crippen molar-refractivity contribution in [2.45, 2.75) is 30.4 Å². The Bertz CT molecular complexity index is 1130. The Labute approximate surface area is 199 Å². The van der Waals surface area contributed by atoms with Crippen LogP contribution in [0.3, 0.4) is 0 Å². The largest absolute Gasteiger partial charge is 0.496 e. The maximum absolute atomic E-state index is 13.5. The van der Waals surface area contributed by atoms with E-state index in [1.165, 1.54) is 24.3 Å². The van der Waals surface area contributed by atoms with Crippen molar-refractivity contribution in [2.24, 2.45) is 0 Å². The number of nitrogens with one attached hydrogen (secondary N) is 1. The Kier molecular flexibility index (Phi) is 7.50. The predicted octanol–water partition coefficient (Wildman–Crippen LogP) is 1.64. The average Bonchev–Trinajstić information content (AvgIpc) is 3.37. The van der Waals surface area contributed by atoms with Gasteiger partial charge in [0.25, 0.3) is 5.91 Å². The van der Waals surface area contributed by atoms with Crippen molar-refractivity contribution >= 4 is 21.8 Å². The van der Waals surface area contributed by atoms with Gasteiger partial charge in [-0.15, -0.1) is 0 Å². The van der Waals surface area contributed by atoms with E-state index in [2.05, 4.69) is 5.32 Å². The van der Waals surface area contributed by atoms with Crippen molar-refractivity contribution in [3.8, 4) is 5.75 Å². The molecule has 1 unspecified atom stereocenters. The molecule has 0 saturated carbocycles. The van der Waals surface area contributed by atoms with Crippen LogP contribution in [0, 0.1) is 0 Å². The highest BCUT2D eigenvalue weighted by Gasteiger charge is 2.30. The molecule has 0 aromatic heterocycles. The monoisotopic (exact) mass is 487 g/mol. The van der Waals surface area contributed by atoms with Gasteiger partial charge in [0.1, 0.15) is 5.75 Å². The van der Waals surface area contributed by atoms with Gasteiger partial charge in [-0.2, -0.15) is 4.31 Å². The molecule has 2 aromatic carbocycles. The molecule has 34 heavy (non-hydrogen) atoms. The second-order valence-electron chi connectivity index (χ2n) is 8.35. The van der Waals surface area contributed by atoms with Crippen molar-refractivity contribution in [3.05, 3.63) is 59.7 Å². The third-order valence-electron chi connectivity index (χ3n) is 6.03. The van der Waals surface area contributed by atoms with Crippen LogP contribution in [0.25, 0.3) is 0 Å². The normalized spacial score (nSPS) is 19.0. The van der Waals surface area contributed by atoms with Crippen LogP contribution in [0.1, 0.15) is 28.8 Å². The molecule has 4 rings (SSSR count). The highest BCUT2D eigenvalue weighted by Crippen LogP contribution is 2.23. The molecular weight excluding hydrogens is 458 g/mol. The Morgan fingerprint density at radius 1 is 1.21 bits per heavy atom. The van der Waals surface area contributed by atoms with Crippen molar-refractivity contribution in [3.63, 3.8) is 0 Å². The van der Waals surface area contributed by atoms with Crippen LogP contribution in [0.5, 0.6) is 5.75 Å². The zero-order valence-corrected chi connectivity index (χ0v) is 19.9. The zero-order chi connectivity index (χ0) is 24.1. The molecule has 2 amide bonds. The highest BCUT2D eigenvalue weighted by atomic mass is 32.2. The van der Waals surface area contributed by atoms with Crippen molar-refractivity contribution in [2.75, 3.05) is 39.9 Å². The predicted molar refractivity (Wildman–Crippen MR) is 125 cm³/mol. The number of amides is 2. The van der Waals surface area contributed by atoms with E-state index in [1.54, 1.807) is 12.0 Å². The number of hydrogen-bond acceptors (Lipinski definition) is 6. The van der Waals surface area contributed by atoms with Gasteiger partial charge in [-0.1, -0.05) is 18.2 Å². The first-order chi connectivity index (χ1) is 16.4. The summed E-state index contributed by atoms with van der Waals surface area (Å²) < 4.78 is 38.2. The summed E-state index contributed by atoms with van der Waals surface area (Å²) in [5.74, 6) is 0.144. The van der Waals surface area contributed by atoms with Gasteiger partial charge in [-0.25, -0.2) is 8.42 Å². The van der Waals surface area contributed by atoms with E-state index in [0.29, 0.717) is 31.0 Å². The fraction of sp³-hybridized carbons (Fsp3) is 0.417. The second-order valence-corrected chi connectivity index (χ2v) is 10.3. The number of hydrogen-bond donors (Lipinski definition) is 1. The lowest BCUT2D eigenvalue weighted by molar-refractivity contribution is -0.122. The van der Waals surface area contributed by atoms with Crippen LogP contribution in [-0.4, -0.2) is 75.4 Å².